The van der Waals surface area contributed by atoms with Crippen molar-refractivity contribution in [3.8, 4) is 0 Å². The van der Waals surface area contributed by atoms with Gasteiger partial charge in [-0.15, -0.1) is 0 Å². The minimum absolute atomic E-state index is 0.0137. The van der Waals surface area contributed by atoms with Gasteiger partial charge in [0.05, 0.1) is 22.5 Å². The molecule has 0 saturated carbocycles. The number of carbonyl (C=O) groups excluding carboxylic acids is 2. The van der Waals surface area contributed by atoms with Gasteiger partial charge in [-0.3, -0.25) is 14.9 Å². The number of non-ortho nitro benzene ring substituents is 1. The maximum atomic E-state index is 12.8. The molecular formula is C19H21N3O7S. The Balaban J connectivity index is 2.52. The van der Waals surface area contributed by atoms with Crippen molar-refractivity contribution in [2.75, 3.05) is 26.5 Å². The Morgan fingerprint density at radius 3 is 2.20 bits per heavy atom. The second kappa shape index (κ2) is 8.59. The van der Waals surface area contributed by atoms with Crippen molar-refractivity contribution < 1.29 is 27.7 Å². The van der Waals surface area contributed by atoms with E-state index in [1.807, 2.05) is 0 Å². The van der Waals surface area contributed by atoms with E-state index in [2.05, 4.69) is 10.1 Å². The van der Waals surface area contributed by atoms with Crippen LogP contribution in [-0.4, -0.2) is 50.7 Å². The van der Waals surface area contributed by atoms with Crippen LogP contribution in [0.15, 0.2) is 35.2 Å². The van der Waals surface area contributed by atoms with Crippen molar-refractivity contribution in [1.82, 2.24) is 4.31 Å². The highest BCUT2D eigenvalue weighted by molar-refractivity contribution is 7.89. The molecule has 0 saturated heterocycles. The molecule has 1 N–H and O–H groups in total. The summed E-state index contributed by atoms with van der Waals surface area (Å²) in [6.07, 6.45) is 0. The fourth-order valence-electron chi connectivity index (χ4n) is 2.59. The molecule has 0 aliphatic rings. The Morgan fingerprint density at radius 2 is 1.67 bits per heavy atom. The fourth-order valence-corrected chi connectivity index (χ4v) is 3.61. The monoisotopic (exact) mass is 435 g/mol. The SMILES string of the molecule is COC(=O)c1cc(C(=O)Nc2cc(S(=O)(=O)N(C)C)cc(C)c2C)cc([N+](=O)[O-])c1. The van der Waals surface area contributed by atoms with Crippen molar-refractivity contribution in [2.24, 2.45) is 0 Å². The van der Waals surface area contributed by atoms with Gasteiger partial charge in [0.25, 0.3) is 11.6 Å². The molecule has 1 amide bonds. The molecule has 0 fully saturated rings. The molecule has 2 aromatic carbocycles. The van der Waals surface area contributed by atoms with E-state index in [4.69, 9.17) is 0 Å². The van der Waals surface area contributed by atoms with Crippen molar-refractivity contribution in [3.63, 3.8) is 0 Å². The van der Waals surface area contributed by atoms with Gasteiger partial charge in [0.2, 0.25) is 10.0 Å². The zero-order chi connectivity index (χ0) is 22.8. The summed E-state index contributed by atoms with van der Waals surface area (Å²) in [5.74, 6) is -1.58. The number of carbonyl (C=O) groups is 2. The lowest BCUT2D eigenvalue weighted by molar-refractivity contribution is -0.384. The van der Waals surface area contributed by atoms with Crippen molar-refractivity contribution >= 4 is 33.3 Å². The Labute approximate surface area is 173 Å². The number of amides is 1. The molecule has 160 valence electrons. The average molecular weight is 435 g/mol. The number of benzene rings is 2. The summed E-state index contributed by atoms with van der Waals surface area (Å²) in [7, 11) is 0.146. The number of nitrogens with zero attached hydrogens (tertiary/aromatic N) is 2. The first kappa shape index (κ1) is 23.0. The van der Waals surface area contributed by atoms with Gasteiger partial charge in [-0.05, 0) is 43.2 Å². The molecule has 0 aliphatic heterocycles. The normalized spacial score (nSPS) is 11.3. The van der Waals surface area contributed by atoms with Crippen LogP contribution in [0, 0.1) is 24.0 Å². The molecule has 30 heavy (non-hydrogen) atoms. The van der Waals surface area contributed by atoms with Crippen molar-refractivity contribution in [3.05, 3.63) is 62.7 Å². The van der Waals surface area contributed by atoms with Crippen LogP contribution >= 0.6 is 0 Å². The summed E-state index contributed by atoms with van der Waals surface area (Å²) in [6.45, 7) is 3.40. The number of sulfonamides is 1. The van der Waals surface area contributed by atoms with Crippen molar-refractivity contribution in [1.29, 1.82) is 0 Å². The molecule has 0 unspecified atom stereocenters. The Hall–Kier alpha value is -3.31. The van der Waals surface area contributed by atoms with Crippen LogP contribution in [0.2, 0.25) is 0 Å². The first-order valence-electron chi connectivity index (χ1n) is 8.61. The fraction of sp³-hybridized carbons (Fsp3) is 0.263. The second-order valence-corrected chi connectivity index (χ2v) is 8.82. The molecule has 2 rings (SSSR count). The molecule has 2 aromatic rings. The molecule has 0 spiro atoms. The summed E-state index contributed by atoms with van der Waals surface area (Å²) in [5, 5.41) is 13.7. The lowest BCUT2D eigenvalue weighted by Gasteiger charge is -2.16. The van der Waals surface area contributed by atoms with Gasteiger partial charge in [0, 0.05) is 37.5 Å². The van der Waals surface area contributed by atoms with E-state index in [1.54, 1.807) is 13.8 Å². The van der Waals surface area contributed by atoms with Crippen LogP contribution in [0.5, 0.6) is 0 Å². The van der Waals surface area contributed by atoms with E-state index in [1.165, 1.54) is 26.2 Å². The smallest absolute Gasteiger partial charge is 0.338 e. The quantitative estimate of drug-likeness (QED) is 0.418. The third-order valence-electron chi connectivity index (χ3n) is 4.48. The third kappa shape index (κ3) is 4.63. The first-order valence-corrected chi connectivity index (χ1v) is 10.1. The molecule has 0 atom stereocenters. The largest absolute Gasteiger partial charge is 0.465 e. The number of hydrogen-bond donors (Lipinski definition) is 1. The van der Waals surface area contributed by atoms with Crippen LogP contribution in [0.25, 0.3) is 0 Å². The lowest BCUT2D eigenvalue weighted by Crippen LogP contribution is -2.23. The van der Waals surface area contributed by atoms with Crippen LogP contribution in [0.3, 0.4) is 0 Å². The average Bonchev–Trinajstić information content (AvgIpc) is 2.69. The molecule has 0 aromatic heterocycles. The Morgan fingerprint density at radius 1 is 1.07 bits per heavy atom. The number of methoxy groups -OCH3 is 1. The third-order valence-corrected chi connectivity index (χ3v) is 6.27. The maximum Gasteiger partial charge on any atom is 0.338 e. The van der Waals surface area contributed by atoms with Gasteiger partial charge >= 0.3 is 5.97 Å². The summed E-state index contributed by atoms with van der Waals surface area (Å²) in [5.41, 5.74) is 0.713. The van der Waals surface area contributed by atoms with Crippen LogP contribution in [0.1, 0.15) is 31.8 Å². The maximum absolute atomic E-state index is 12.8. The van der Waals surface area contributed by atoms with Crippen LogP contribution in [-0.2, 0) is 14.8 Å². The van der Waals surface area contributed by atoms with Gasteiger partial charge < -0.3 is 10.1 Å². The zero-order valence-electron chi connectivity index (χ0n) is 17.0. The number of anilines is 1. The minimum Gasteiger partial charge on any atom is -0.465 e. The highest BCUT2D eigenvalue weighted by Crippen LogP contribution is 2.27. The first-order chi connectivity index (χ1) is 13.9. The highest BCUT2D eigenvalue weighted by atomic mass is 32.2. The highest BCUT2D eigenvalue weighted by Gasteiger charge is 2.22. The summed E-state index contributed by atoms with van der Waals surface area (Å²) < 4.78 is 30.5. The standard InChI is InChI=1S/C19H21N3O7S/c1-11-6-16(30(27,28)21(3)4)10-17(12(11)2)20-18(23)13-7-14(19(24)29-5)9-15(8-13)22(25)26/h6-10H,1-5H3,(H,20,23). The van der Waals surface area contributed by atoms with E-state index in [0.717, 1.165) is 29.6 Å². The van der Waals surface area contributed by atoms with Gasteiger partial charge in [-0.2, -0.15) is 0 Å². The van der Waals surface area contributed by atoms with E-state index < -0.39 is 32.5 Å². The second-order valence-electron chi connectivity index (χ2n) is 6.67. The molecule has 10 nitrogen and oxygen atoms in total. The molecule has 0 aliphatic carbocycles. The molecule has 0 bridgehead atoms. The predicted octanol–water partition coefficient (Wildman–Crippen LogP) is 2.50. The number of esters is 1. The Kier molecular flexibility index (Phi) is 6.58. The zero-order valence-corrected chi connectivity index (χ0v) is 17.9. The van der Waals surface area contributed by atoms with Gasteiger partial charge in [-0.25, -0.2) is 17.5 Å². The van der Waals surface area contributed by atoms with Gasteiger partial charge in [0.15, 0.2) is 0 Å². The number of nitro benzene ring substituents is 1. The summed E-state index contributed by atoms with van der Waals surface area (Å²) in [4.78, 5) is 35.0. The number of hydrogen-bond acceptors (Lipinski definition) is 7. The van der Waals surface area contributed by atoms with Crippen molar-refractivity contribution in [2.45, 2.75) is 18.7 Å². The minimum atomic E-state index is -3.75. The van der Waals surface area contributed by atoms with Crippen LogP contribution in [0.4, 0.5) is 11.4 Å². The Bertz CT molecular complexity index is 1140. The number of nitrogens with one attached hydrogen (secondary N) is 1. The molecule has 11 heteroatoms. The van der Waals surface area contributed by atoms with E-state index in [-0.39, 0.29) is 21.7 Å². The number of rotatable bonds is 6. The molecule has 0 heterocycles. The predicted molar refractivity (Wildman–Crippen MR) is 109 cm³/mol. The lowest BCUT2D eigenvalue weighted by atomic mass is 10.1. The van der Waals surface area contributed by atoms with Crippen LogP contribution < -0.4 is 5.32 Å². The number of nitro groups is 1. The van der Waals surface area contributed by atoms with Gasteiger partial charge in [0.1, 0.15) is 0 Å². The number of ether oxygens (including phenoxy) is 1. The van der Waals surface area contributed by atoms with E-state index in [0.29, 0.717) is 11.1 Å². The van der Waals surface area contributed by atoms with E-state index >= 15 is 0 Å². The molecular weight excluding hydrogens is 414 g/mol. The summed E-state index contributed by atoms with van der Waals surface area (Å²) in [6, 6.07) is 5.99. The van der Waals surface area contributed by atoms with E-state index in [9.17, 15) is 28.1 Å². The topological polar surface area (TPSA) is 136 Å². The van der Waals surface area contributed by atoms with Gasteiger partial charge in [-0.1, -0.05) is 0 Å². The number of aryl methyl sites for hydroxylation is 1. The summed E-state index contributed by atoms with van der Waals surface area (Å²) >= 11 is 0. The molecule has 0 radical (unpaired) electrons.